The first-order valence-corrected chi connectivity index (χ1v) is 5.42. The van der Waals surface area contributed by atoms with Gasteiger partial charge in [0.1, 0.15) is 11.9 Å². The van der Waals surface area contributed by atoms with Gasteiger partial charge < -0.3 is 4.74 Å². The Bertz CT molecular complexity index is 514. The van der Waals surface area contributed by atoms with E-state index < -0.39 is 0 Å². The van der Waals surface area contributed by atoms with Crippen LogP contribution in [-0.2, 0) is 0 Å². The normalized spacial score (nSPS) is 17.6. The highest BCUT2D eigenvalue weighted by Gasteiger charge is 2.15. The first-order valence-electron chi connectivity index (χ1n) is 5.42. The molecular weight excluding hydrogens is 196 g/mol. The van der Waals surface area contributed by atoms with Crippen LogP contribution in [0.5, 0.6) is 5.75 Å². The van der Waals surface area contributed by atoms with E-state index in [4.69, 9.17) is 4.74 Å². The van der Waals surface area contributed by atoms with Gasteiger partial charge in [-0.15, -0.1) is 0 Å². The van der Waals surface area contributed by atoms with Crippen LogP contribution in [0, 0.1) is 0 Å². The molecule has 1 aliphatic heterocycles. The molecule has 0 amide bonds. The van der Waals surface area contributed by atoms with Crippen molar-refractivity contribution in [3.63, 3.8) is 0 Å². The Hall–Kier alpha value is -2.02. The van der Waals surface area contributed by atoms with E-state index in [0.29, 0.717) is 0 Å². The van der Waals surface area contributed by atoms with Crippen LogP contribution in [0.15, 0.2) is 60.7 Å². The van der Waals surface area contributed by atoms with Gasteiger partial charge in [-0.05, 0) is 17.7 Å². The molecule has 0 N–H and O–H groups in total. The molecule has 1 atom stereocenters. The molecule has 3 rings (SSSR count). The molecule has 1 heteroatoms. The zero-order chi connectivity index (χ0) is 10.8. The second kappa shape index (κ2) is 3.86. The van der Waals surface area contributed by atoms with Gasteiger partial charge in [0.2, 0.25) is 0 Å². The summed E-state index contributed by atoms with van der Waals surface area (Å²) < 4.78 is 5.93. The fourth-order valence-electron chi connectivity index (χ4n) is 1.91. The summed E-state index contributed by atoms with van der Waals surface area (Å²) in [6.45, 7) is 0. The lowest BCUT2D eigenvalue weighted by Crippen LogP contribution is -2.08. The van der Waals surface area contributed by atoms with Crippen LogP contribution in [0.3, 0.4) is 0 Å². The molecule has 1 heterocycles. The standard InChI is InChI=1S/C15H12O/c1-2-6-12(7-3-1)15-11-10-13-8-4-5-9-14(13)16-15/h1-11,15H/t15-/m1/s1. The van der Waals surface area contributed by atoms with Crippen molar-refractivity contribution in [2.24, 2.45) is 0 Å². The Morgan fingerprint density at radius 3 is 2.44 bits per heavy atom. The predicted molar refractivity (Wildman–Crippen MR) is 65.3 cm³/mol. The van der Waals surface area contributed by atoms with Crippen LogP contribution in [-0.4, -0.2) is 0 Å². The molecule has 78 valence electrons. The van der Waals surface area contributed by atoms with E-state index >= 15 is 0 Å². The van der Waals surface area contributed by atoms with Gasteiger partial charge in [-0.2, -0.15) is 0 Å². The van der Waals surface area contributed by atoms with E-state index in [1.54, 1.807) is 0 Å². The van der Waals surface area contributed by atoms with Crippen LogP contribution in [0.2, 0.25) is 0 Å². The van der Waals surface area contributed by atoms with E-state index in [2.05, 4.69) is 30.4 Å². The van der Waals surface area contributed by atoms with Gasteiger partial charge in [0, 0.05) is 5.56 Å². The fourth-order valence-corrected chi connectivity index (χ4v) is 1.91. The Kier molecular flexibility index (Phi) is 2.22. The lowest BCUT2D eigenvalue weighted by atomic mass is 10.0. The van der Waals surface area contributed by atoms with E-state index in [-0.39, 0.29) is 6.10 Å². The van der Waals surface area contributed by atoms with Crippen LogP contribution < -0.4 is 4.74 Å². The molecule has 0 aliphatic carbocycles. The van der Waals surface area contributed by atoms with Crippen LogP contribution >= 0.6 is 0 Å². The number of hydrogen-bond donors (Lipinski definition) is 0. The molecule has 1 aliphatic rings. The SMILES string of the molecule is C1=C[C@H](c2ccccc2)Oc2ccccc21. The Morgan fingerprint density at radius 1 is 0.812 bits per heavy atom. The molecule has 16 heavy (non-hydrogen) atoms. The third kappa shape index (κ3) is 1.61. The molecule has 1 nitrogen and oxygen atoms in total. The Morgan fingerprint density at radius 2 is 1.56 bits per heavy atom. The summed E-state index contributed by atoms with van der Waals surface area (Å²) in [5.41, 5.74) is 2.34. The van der Waals surface area contributed by atoms with Crippen molar-refractivity contribution in [3.05, 3.63) is 71.8 Å². The van der Waals surface area contributed by atoms with Gasteiger partial charge in [0.25, 0.3) is 0 Å². The molecule has 0 saturated heterocycles. The number of ether oxygens (including phenoxy) is 1. The molecule has 0 spiro atoms. The minimum absolute atomic E-state index is 0.0381. The number of hydrogen-bond acceptors (Lipinski definition) is 1. The second-order valence-electron chi connectivity index (χ2n) is 3.85. The number of fused-ring (bicyclic) bond motifs is 1. The molecule has 0 unspecified atom stereocenters. The highest BCUT2D eigenvalue weighted by Crippen LogP contribution is 2.31. The lowest BCUT2D eigenvalue weighted by Gasteiger charge is -2.21. The van der Waals surface area contributed by atoms with Crippen molar-refractivity contribution in [2.45, 2.75) is 6.10 Å². The predicted octanol–water partition coefficient (Wildman–Crippen LogP) is 3.83. The summed E-state index contributed by atoms with van der Waals surface area (Å²) >= 11 is 0. The summed E-state index contributed by atoms with van der Waals surface area (Å²) in [6.07, 6.45) is 4.25. The molecule has 0 aromatic heterocycles. The number of para-hydroxylation sites is 1. The second-order valence-corrected chi connectivity index (χ2v) is 3.85. The zero-order valence-electron chi connectivity index (χ0n) is 8.84. The van der Waals surface area contributed by atoms with Crippen molar-refractivity contribution in [3.8, 4) is 5.75 Å². The van der Waals surface area contributed by atoms with Crippen molar-refractivity contribution >= 4 is 6.08 Å². The maximum absolute atomic E-state index is 5.93. The van der Waals surface area contributed by atoms with E-state index in [0.717, 1.165) is 11.3 Å². The summed E-state index contributed by atoms with van der Waals surface area (Å²) in [5, 5.41) is 0. The Labute approximate surface area is 95.0 Å². The van der Waals surface area contributed by atoms with Crippen molar-refractivity contribution in [1.82, 2.24) is 0 Å². The summed E-state index contributed by atoms with van der Waals surface area (Å²) in [6, 6.07) is 18.4. The minimum Gasteiger partial charge on any atom is -0.481 e. The van der Waals surface area contributed by atoms with Gasteiger partial charge in [-0.3, -0.25) is 0 Å². The molecular formula is C15H12O. The van der Waals surface area contributed by atoms with Gasteiger partial charge in [-0.1, -0.05) is 54.6 Å². The minimum atomic E-state index is 0.0381. The van der Waals surface area contributed by atoms with Gasteiger partial charge in [0.05, 0.1) is 0 Å². The van der Waals surface area contributed by atoms with Crippen molar-refractivity contribution in [2.75, 3.05) is 0 Å². The molecule has 0 saturated carbocycles. The van der Waals surface area contributed by atoms with E-state index in [1.165, 1.54) is 5.56 Å². The summed E-state index contributed by atoms with van der Waals surface area (Å²) in [4.78, 5) is 0. The molecule has 0 bridgehead atoms. The Balaban J connectivity index is 1.95. The first-order chi connectivity index (χ1) is 7.93. The van der Waals surface area contributed by atoms with E-state index in [9.17, 15) is 0 Å². The highest BCUT2D eigenvalue weighted by atomic mass is 16.5. The number of benzene rings is 2. The zero-order valence-corrected chi connectivity index (χ0v) is 8.84. The first kappa shape index (κ1) is 9.22. The molecule has 2 aromatic carbocycles. The van der Waals surface area contributed by atoms with Crippen molar-refractivity contribution in [1.29, 1.82) is 0 Å². The summed E-state index contributed by atoms with van der Waals surface area (Å²) in [7, 11) is 0. The van der Waals surface area contributed by atoms with Gasteiger partial charge in [-0.25, -0.2) is 0 Å². The molecule has 2 aromatic rings. The topological polar surface area (TPSA) is 9.23 Å². The fraction of sp³-hybridized carbons (Fsp3) is 0.0667. The van der Waals surface area contributed by atoms with Crippen LogP contribution in [0.4, 0.5) is 0 Å². The van der Waals surface area contributed by atoms with E-state index in [1.807, 2.05) is 36.4 Å². The average Bonchev–Trinajstić information content (AvgIpc) is 2.39. The largest absolute Gasteiger partial charge is 0.481 e. The smallest absolute Gasteiger partial charge is 0.142 e. The third-order valence-corrected chi connectivity index (χ3v) is 2.75. The molecule has 0 fully saturated rings. The van der Waals surface area contributed by atoms with Crippen LogP contribution in [0.25, 0.3) is 6.08 Å². The van der Waals surface area contributed by atoms with Crippen LogP contribution in [0.1, 0.15) is 17.2 Å². The summed E-state index contributed by atoms with van der Waals surface area (Å²) in [5.74, 6) is 0.957. The third-order valence-electron chi connectivity index (χ3n) is 2.75. The maximum Gasteiger partial charge on any atom is 0.142 e. The van der Waals surface area contributed by atoms with Gasteiger partial charge in [0.15, 0.2) is 0 Å². The van der Waals surface area contributed by atoms with Gasteiger partial charge >= 0.3 is 0 Å². The number of rotatable bonds is 1. The van der Waals surface area contributed by atoms with Crippen molar-refractivity contribution < 1.29 is 4.74 Å². The molecule has 0 radical (unpaired) electrons. The highest BCUT2D eigenvalue weighted by molar-refractivity contribution is 5.60. The monoisotopic (exact) mass is 208 g/mol. The quantitative estimate of drug-likeness (QED) is 0.692. The maximum atomic E-state index is 5.93. The average molecular weight is 208 g/mol. The lowest BCUT2D eigenvalue weighted by molar-refractivity contribution is 0.252.